The molecule has 0 amide bonds. The van der Waals surface area contributed by atoms with E-state index in [1.807, 2.05) is 11.3 Å². The maximum atomic E-state index is 2.73. The average molecular weight is 769 g/mol. The van der Waals surface area contributed by atoms with Gasteiger partial charge < -0.3 is 9.80 Å². The zero-order valence-corrected chi connectivity index (χ0v) is 33.8. The summed E-state index contributed by atoms with van der Waals surface area (Å²) in [7, 11) is 0. The molecule has 0 saturated heterocycles. The first kappa shape index (κ1) is 34.4. The van der Waals surface area contributed by atoms with Crippen LogP contribution in [-0.4, -0.2) is 0 Å². The van der Waals surface area contributed by atoms with E-state index in [-0.39, 0.29) is 5.41 Å². The van der Waals surface area contributed by atoms with Crippen LogP contribution in [0.5, 0.6) is 0 Å². The Morgan fingerprint density at radius 2 is 1.00 bits per heavy atom. The molecule has 284 valence electrons. The van der Waals surface area contributed by atoms with Gasteiger partial charge in [0.05, 0.1) is 11.4 Å². The van der Waals surface area contributed by atoms with Gasteiger partial charge in [0.1, 0.15) is 0 Å². The maximum Gasteiger partial charge on any atom is 0.0505 e. The standard InChI is InChI=1S/C55H48N2S/c1-4-16-37(17-5-1)45-24-10-12-26-48(45)57(44-32-33-47-46-25-11-13-29-51(46)58-52(47)36-44)50-28-15-19-39-35-41-31-30-40-34-38-18-14-27-49(53(38)55(40,41)54(39)50)56(42-20-6-2-7-21-42)43-22-8-3-9-23-43/h2-3,6-15,18-29,32-33,36-37,40-41H,1,4-5,16-17,30-31,34-35H2. The highest BCUT2D eigenvalue weighted by Crippen LogP contribution is 2.69. The Morgan fingerprint density at radius 1 is 0.431 bits per heavy atom. The van der Waals surface area contributed by atoms with Crippen molar-refractivity contribution in [3.63, 3.8) is 0 Å². The molecule has 0 N–H and O–H groups in total. The van der Waals surface area contributed by atoms with E-state index in [2.05, 4.69) is 174 Å². The fraction of sp³-hybridized carbons (Fsp3) is 0.236. The summed E-state index contributed by atoms with van der Waals surface area (Å²) in [6, 6.07) is 62.5. The van der Waals surface area contributed by atoms with E-state index >= 15 is 0 Å². The maximum absolute atomic E-state index is 2.73. The van der Waals surface area contributed by atoms with E-state index in [4.69, 9.17) is 0 Å². The second kappa shape index (κ2) is 13.7. The Bertz CT molecular complexity index is 2770. The number of fused-ring (bicyclic) bond motifs is 5. The van der Waals surface area contributed by atoms with Crippen molar-refractivity contribution in [1.82, 2.24) is 0 Å². The lowest BCUT2D eigenvalue weighted by Crippen LogP contribution is -2.34. The predicted octanol–water partition coefficient (Wildman–Crippen LogP) is 15.5. The molecule has 0 bridgehead atoms. The minimum absolute atomic E-state index is 0.0839. The summed E-state index contributed by atoms with van der Waals surface area (Å²) in [6.07, 6.45) is 11.4. The minimum Gasteiger partial charge on any atom is -0.310 e. The zero-order valence-electron chi connectivity index (χ0n) is 33.0. The number of hydrogen-bond acceptors (Lipinski definition) is 3. The fourth-order valence-electron chi connectivity index (χ4n) is 12.3. The van der Waals surface area contributed by atoms with Gasteiger partial charge in [-0.05, 0) is 145 Å². The second-order valence-corrected chi connectivity index (χ2v) is 18.5. The van der Waals surface area contributed by atoms with Crippen LogP contribution in [0.4, 0.5) is 34.1 Å². The largest absolute Gasteiger partial charge is 0.310 e. The summed E-state index contributed by atoms with van der Waals surface area (Å²) >= 11 is 1.93. The lowest BCUT2D eigenvalue weighted by atomic mass is 9.68. The summed E-state index contributed by atoms with van der Waals surface area (Å²) < 4.78 is 2.72. The molecular weight excluding hydrogens is 721 g/mol. The van der Waals surface area contributed by atoms with Gasteiger partial charge in [-0.3, -0.25) is 0 Å². The van der Waals surface area contributed by atoms with E-state index in [0.717, 1.165) is 12.8 Å². The monoisotopic (exact) mass is 768 g/mol. The number of para-hydroxylation sites is 3. The minimum atomic E-state index is -0.0839. The van der Waals surface area contributed by atoms with Gasteiger partial charge in [0.25, 0.3) is 0 Å². The molecule has 2 fully saturated rings. The predicted molar refractivity (Wildman–Crippen MR) is 245 cm³/mol. The van der Waals surface area contributed by atoms with Crippen LogP contribution < -0.4 is 9.80 Å². The van der Waals surface area contributed by atoms with Crippen LogP contribution in [0.1, 0.15) is 78.7 Å². The Labute approximate surface area is 346 Å². The summed E-state index contributed by atoms with van der Waals surface area (Å²) in [6.45, 7) is 0. The Kier molecular flexibility index (Phi) is 8.15. The Morgan fingerprint density at radius 3 is 1.69 bits per heavy atom. The van der Waals surface area contributed by atoms with Gasteiger partial charge >= 0.3 is 0 Å². The van der Waals surface area contributed by atoms with E-state index in [0.29, 0.717) is 17.8 Å². The third-order valence-electron chi connectivity index (χ3n) is 14.5. The lowest BCUT2D eigenvalue weighted by molar-refractivity contribution is 0.350. The summed E-state index contributed by atoms with van der Waals surface area (Å²) in [4.78, 5) is 5.28. The average Bonchev–Trinajstić information content (AvgIpc) is 4.02. The summed E-state index contributed by atoms with van der Waals surface area (Å²) in [5.41, 5.74) is 15.4. The number of anilines is 6. The third-order valence-corrected chi connectivity index (χ3v) is 15.7. The Balaban J connectivity index is 1.12. The number of hydrogen-bond donors (Lipinski definition) is 0. The van der Waals surface area contributed by atoms with Crippen LogP contribution in [0.25, 0.3) is 20.2 Å². The molecule has 4 aliphatic carbocycles. The molecule has 2 nitrogen and oxygen atoms in total. The normalized spacial score (nSPS) is 20.8. The highest BCUT2D eigenvalue weighted by molar-refractivity contribution is 7.25. The molecule has 0 aliphatic heterocycles. The van der Waals surface area contributed by atoms with Crippen LogP contribution in [0.2, 0.25) is 0 Å². The molecule has 1 spiro atoms. The van der Waals surface area contributed by atoms with Gasteiger partial charge in [0.15, 0.2) is 0 Å². The number of benzene rings is 7. The molecule has 3 heteroatoms. The number of thiophene rings is 1. The van der Waals surface area contributed by atoms with Crippen LogP contribution in [-0.2, 0) is 18.3 Å². The molecular formula is C55H48N2S. The molecule has 3 unspecified atom stereocenters. The van der Waals surface area contributed by atoms with E-state index < -0.39 is 0 Å². The molecule has 2 saturated carbocycles. The smallest absolute Gasteiger partial charge is 0.0505 e. The van der Waals surface area contributed by atoms with Crippen LogP contribution in [0.3, 0.4) is 0 Å². The van der Waals surface area contributed by atoms with Crippen molar-refractivity contribution in [2.45, 2.75) is 69.1 Å². The van der Waals surface area contributed by atoms with Crippen molar-refractivity contribution >= 4 is 65.6 Å². The molecule has 1 aromatic heterocycles. The van der Waals surface area contributed by atoms with Gasteiger partial charge in [0, 0.05) is 48.3 Å². The fourth-order valence-corrected chi connectivity index (χ4v) is 13.5. The second-order valence-electron chi connectivity index (χ2n) is 17.4. The first-order chi connectivity index (χ1) is 28.8. The quantitative estimate of drug-likeness (QED) is 0.159. The van der Waals surface area contributed by atoms with Gasteiger partial charge in [-0.15, -0.1) is 11.3 Å². The Hall–Kier alpha value is -5.64. The number of rotatable bonds is 7. The van der Waals surface area contributed by atoms with Crippen molar-refractivity contribution in [3.8, 4) is 0 Å². The molecule has 7 aromatic carbocycles. The topological polar surface area (TPSA) is 6.48 Å². The zero-order chi connectivity index (χ0) is 38.2. The highest BCUT2D eigenvalue weighted by atomic mass is 32.1. The SMILES string of the molecule is c1ccc(N(c2ccccc2)c2cccc3c2C24c5c(cccc5N(c5ccc6c(c5)sc5ccccc56)c5ccccc5C5CCCCC5)CC2CCC4C3)cc1. The van der Waals surface area contributed by atoms with Crippen molar-refractivity contribution in [1.29, 1.82) is 0 Å². The van der Waals surface area contributed by atoms with Crippen molar-refractivity contribution in [2.24, 2.45) is 11.8 Å². The van der Waals surface area contributed by atoms with Crippen molar-refractivity contribution < 1.29 is 0 Å². The molecule has 4 aliphatic rings. The van der Waals surface area contributed by atoms with Crippen LogP contribution in [0.15, 0.2) is 164 Å². The number of nitrogens with zero attached hydrogens (tertiary/aromatic N) is 2. The third kappa shape index (κ3) is 5.15. The molecule has 8 aromatic rings. The van der Waals surface area contributed by atoms with Crippen molar-refractivity contribution in [2.75, 3.05) is 9.80 Å². The summed E-state index contributed by atoms with van der Waals surface area (Å²) in [5, 5.41) is 2.71. The van der Waals surface area contributed by atoms with E-state index in [9.17, 15) is 0 Å². The molecule has 58 heavy (non-hydrogen) atoms. The first-order valence-electron chi connectivity index (χ1n) is 21.7. The molecule has 0 radical (unpaired) electrons. The summed E-state index contributed by atoms with van der Waals surface area (Å²) in [5.74, 6) is 1.70. The van der Waals surface area contributed by atoms with Gasteiger partial charge in [-0.2, -0.15) is 0 Å². The van der Waals surface area contributed by atoms with Gasteiger partial charge in [0.2, 0.25) is 0 Å². The van der Waals surface area contributed by atoms with Gasteiger partial charge in [-0.1, -0.05) is 122 Å². The molecule has 1 heterocycles. The van der Waals surface area contributed by atoms with Crippen LogP contribution in [0, 0.1) is 11.8 Å². The van der Waals surface area contributed by atoms with Crippen molar-refractivity contribution in [3.05, 3.63) is 192 Å². The molecule has 3 atom stereocenters. The van der Waals surface area contributed by atoms with E-state index in [1.54, 1.807) is 16.7 Å². The van der Waals surface area contributed by atoms with Gasteiger partial charge in [-0.25, -0.2) is 0 Å². The highest BCUT2D eigenvalue weighted by Gasteiger charge is 2.62. The van der Waals surface area contributed by atoms with Crippen LogP contribution >= 0.6 is 11.3 Å². The van der Waals surface area contributed by atoms with E-state index in [1.165, 1.54) is 110 Å². The molecule has 12 rings (SSSR count). The lowest BCUT2D eigenvalue weighted by Gasteiger charge is -2.40. The first-order valence-corrected chi connectivity index (χ1v) is 22.5.